The molecule has 0 N–H and O–H groups in total. The highest BCUT2D eigenvalue weighted by Crippen LogP contribution is 2.83. The number of ether oxygens (including phenoxy) is 1. The zero-order valence-corrected chi connectivity index (χ0v) is 16.8. The Kier molecular flexibility index (Phi) is 3.08. The fourth-order valence-electron chi connectivity index (χ4n) is 10.6. The molecule has 3 nitrogen and oxygen atoms in total. The van der Waals surface area contributed by atoms with Crippen molar-refractivity contribution >= 4 is 5.97 Å². The molecule has 4 aliphatic carbocycles. The molecule has 0 aromatic rings. The van der Waals surface area contributed by atoms with E-state index < -0.39 is 0 Å². The van der Waals surface area contributed by atoms with E-state index in [2.05, 4.69) is 18.7 Å². The van der Waals surface area contributed by atoms with Gasteiger partial charge >= 0.3 is 5.97 Å². The van der Waals surface area contributed by atoms with Crippen LogP contribution in [0.3, 0.4) is 0 Å². The molecule has 0 aromatic heterocycles. The maximum Gasteiger partial charge on any atom is 0.305 e. The second kappa shape index (κ2) is 4.88. The number of nitrogens with zero attached hydrogens (tertiary/aromatic N) is 1. The van der Waals surface area contributed by atoms with Crippen LogP contribution in [0.25, 0.3) is 0 Å². The van der Waals surface area contributed by atoms with Gasteiger partial charge < -0.3 is 4.74 Å². The van der Waals surface area contributed by atoms with E-state index >= 15 is 0 Å². The van der Waals surface area contributed by atoms with Gasteiger partial charge in [-0.3, -0.25) is 9.69 Å². The summed E-state index contributed by atoms with van der Waals surface area (Å²) >= 11 is 0. The molecule has 6 bridgehead atoms. The van der Waals surface area contributed by atoms with Crippen LogP contribution >= 0.6 is 0 Å². The fourth-order valence-corrected chi connectivity index (χ4v) is 10.6. The SMILES string of the molecule is COC(=O)CC[C@]12C3C4CCC1(C)[C@H]1CC[C@@]5(CCC[C@H]52)C1N3C[C@H]4C. The summed E-state index contributed by atoms with van der Waals surface area (Å²) in [6.07, 6.45) is 11.9. The lowest BCUT2D eigenvalue weighted by atomic mass is 9.34. The fraction of sp³-hybridized carbons (Fsp3) is 0.957. The van der Waals surface area contributed by atoms with E-state index in [4.69, 9.17) is 4.74 Å². The van der Waals surface area contributed by atoms with Crippen LogP contribution in [-0.2, 0) is 9.53 Å². The molecule has 3 aliphatic heterocycles. The molecule has 3 heterocycles. The van der Waals surface area contributed by atoms with E-state index in [1.165, 1.54) is 51.5 Å². The Hall–Kier alpha value is -0.570. The Morgan fingerprint density at radius 1 is 1.15 bits per heavy atom. The summed E-state index contributed by atoms with van der Waals surface area (Å²) in [5.74, 6) is 3.50. The Morgan fingerprint density at radius 2 is 2.00 bits per heavy atom. The van der Waals surface area contributed by atoms with Crippen molar-refractivity contribution in [1.29, 1.82) is 0 Å². The Balaban J connectivity index is 1.55. The van der Waals surface area contributed by atoms with Gasteiger partial charge in [-0.25, -0.2) is 0 Å². The smallest absolute Gasteiger partial charge is 0.305 e. The van der Waals surface area contributed by atoms with Crippen molar-refractivity contribution in [3.63, 3.8) is 0 Å². The van der Waals surface area contributed by atoms with Crippen LogP contribution in [-0.4, -0.2) is 36.6 Å². The predicted molar refractivity (Wildman–Crippen MR) is 100 cm³/mol. The topological polar surface area (TPSA) is 29.5 Å². The molecule has 0 amide bonds. The van der Waals surface area contributed by atoms with Gasteiger partial charge in [0.2, 0.25) is 0 Å². The first-order valence-corrected chi connectivity index (χ1v) is 11.3. The zero-order chi connectivity index (χ0) is 17.9. The Morgan fingerprint density at radius 3 is 2.81 bits per heavy atom. The number of rotatable bonds is 3. The molecule has 4 unspecified atom stereocenters. The van der Waals surface area contributed by atoms with Crippen molar-refractivity contribution in [3.8, 4) is 0 Å². The molecule has 144 valence electrons. The van der Waals surface area contributed by atoms with Crippen molar-refractivity contribution in [2.45, 2.75) is 83.7 Å². The lowest BCUT2D eigenvalue weighted by Gasteiger charge is -2.77. The van der Waals surface area contributed by atoms with Crippen molar-refractivity contribution < 1.29 is 9.53 Å². The van der Waals surface area contributed by atoms with E-state index in [-0.39, 0.29) is 5.97 Å². The highest BCUT2D eigenvalue weighted by atomic mass is 16.5. The first-order chi connectivity index (χ1) is 12.5. The third-order valence-corrected chi connectivity index (χ3v) is 11.1. The van der Waals surface area contributed by atoms with Crippen LogP contribution < -0.4 is 0 Å². The number of hydrogen-bond acceptors (Lipinski definition) is 3. The van der Waals surface area contributed by atoms with E-state index in [0.29, 0.717) is 22.7 Å². The first kappa shape index (κ1) is 16.4. The summed E-state index contributed by atoms with van der Waals surface area (Å²) in [5.41, 5.74) is 1.44. The summed E-state index contributed by atoms with van der Waals surface area (Å²) in [5, 5.41) is 0. The van der Waals surface area contributed by atoms with Crippen LogP contribution in [0.1, 0.15) is 71.6 Å². The average molecular weight is 358 g/mol. The van der Waals surface area contributed by atoms with Gasteiger partial charge in [-0.1, -0.05) is 20.3 Å². The van der Waals surface area contributed by atoms with E-state index in [1.807, 2.05) is 0 Å². The molecule has 7 rings (SSSR count). The van der Waals surface area contributed by atoms with Crippen LogP contribution in [0.5, 0.6) is 0 Å². The van der Waals surface area contributed by atoms with Gasteiger partial charge in [0.05, 0.1) is 7.11 Å². The molecule has 1 spiro atoms. The lowest BCUT2D eigenvalue weighted by molar-refractivity contribution is -0.283. The summed E-state index contributed by atoms with van der Waals surface area (Å²) in [6.45, 7) is 6.53. The molecule has 3 saturated heterocycles. The van der Waals surface area contributed by atoms with Gasteiger partial charge in [0.1, 0.15) is 0 Å². The third-order valence-electron chi connectivity index (χ3n) is 11.1. The van der Waals surface area contributed by atoms with Crippen molar-refractivity contribution in [2.75, 3.05) is 13.7 Å². The number of carbonyl (C=O) groups excluding carboxylic acids is 1. The van der Waals surface area contributed by atoms with Gasteiger partial charge in [0.15, 0.2) is 0 Å². The monoisotopic (exact) mass is 357 g/mol. The predicted octanol–water partition coefficient (Wildman–Crippen LogP) is 4.25. The molecular weight excluding hydrogens is 322 g/mol. The van der Waals surface area contributed by atoms with Crippen molar-refractivity contribution in [2.24, 2.45) is 39.9 Å². The molecule has 9 atom stereocenters. The zero-order valence-electron chi connectivity index (χ0n) is 16.8. The summed E-state index contributed by atoms with van der Waals surface area (Å²) in [6, 6.07) is 1.63. The minimum absolute atomic E-state index is 0.0172. The molecule has 0 radical (unpaired) electrons. The standard InChI is InChI=1S/C23H35NO2/c1-14-13-24-19-15(14)6-10-21(2)16-7-11-22(20(16)24)9-4-5-17(22)23(19,21)12-8-18(25)26-3/h14-17,19-20H,4-13H2,1-3H3/t14-,15?,16+,17-,19?,20?,21?,22-,23+/m1/s1. The molecule has 26 heavy (non-hydrogen) atoms. The van der Waals surface area contributed by atoms with Gasteiger partial charge in [-0.2, -0.15) is 0 Å². The van der Waals surface area contributed by atoms with Gasteiger partial charge in [-0.15, -0.1) is 0 Å². The number of methoxy groups -OCH3 is 1. The number of hydrogen-bond donors (Lipinski definition) is 0. The van der Waals surface area contributed by atoms with Gasteiger partial charge in [-0.05, 0) is 84.9 Å². The largest absolute Gasteiger partial charge is 0.469 e. The molecule has 7 aliphatic rings. The van der Waals surface area contributed by atoms with E-state index in [9.17, 15) is 4.79 Å². The highest BCUT2D eigenvalue weighted by Gasteiger charge is 2.82. The maximum absolute atomic E-state index is 12.2. The molecular formula is C23H35NO2. The maximum atomic E-state index is 12.2. The minimum Gasteiger partial charge on any atom is -0.469 e. The lowest BCUT2D eigenvalue weighted by Crippen LogP contribution is -2.79. The second-order valence-electron chi connectivity index (χ2n) is 11.1. The van der Waals surface area contributed by atoms with Crippen molar-refractivity contribution in [1.82, 2.24) is 4.90 Å². The Bertz CT molecular complexity index is 663. The van der Waals surface area contributed by atoms with Crippen LogP contribution in [0.2, 0.25) is 0 Å². The molecule has 7 fully saturated rings. The summed E-state index contributed by atoms with van der Waals surface area (Å²) < 4.78 is 5.12. The Labute approximate surface area is 158 Å². The quantitative estimate of drug-likeness (QED) is 0.707. The third kappa shape index (κ3) is 1.47. The number of piperidine rings is 2. The summed E-state index contributed by atoms with van der Waals surface area (Å²) in [7, 11) is 1.57. The van der Waals surface area contributed by atoms with Gasteiger partial charge in [0.25, 0.3) is 0 Å². The molecule has 3 heteroatoms. The van der Waals surface area contributed by atoms with Crippen LogP contribution in [0.15, 0.2) is 0 Å². The second-order valence-corrected chi connectivity index (χ2v) is 11.1. The van der Waals surface area contributed by atoms with Crippen LogP contribution in [0, 0.1) is 39.9 Å². The van der Waals surface area contributed by atoms with E-state index in [1.54, 1.807) is 7.11 Å². The highest BCUT2D eigenvalue weighted by molar-refractivity contribution is 5.69. The minimum atomic E-state index is 0.0172. The normalized spacial score (nSPS) is 58.9. The van der Waals surface area contributed by atoms with E-state index in [0.717, 1.165) is 42.2 Å². The summed E-state index contributed by atoms with van der Waals surface area (Å²) in [4.78, 5) is 15.3. The molecule has 0 aromatic carbocycles. The van der Waals surface area contributed by atoms with Gasteiger partial charge in [0, 0.05) is 25.0 Å². The molecule has 4 saturated carbocycles. The first-order valence-electron chi connectivity index (χ1n) is 11.3. The number of esters is 1. The van der Waals surface area contributed by atoms with Crippen LogP contribution in [0.4, 0.5) is 0 Å². The average Bonchev–Trinajstić information content (AvgIpc) is 3.31. The number of carbonyl (C=O) groups is 1. The van der Waals surface area contributed by atoms with Crippen molar-refractivity contribution in [3.05, 3.63) is 0 Å².